The van der Waals surface area contributed by atoms with Crippen LogP contribution in [0.1, 0.15) is 32.8 Å². The van der Waals surface area contributed by atoms with Crippen LogP contribution in [0, 0.1) is 0 Å². The van der Waals surface area contributed by atoms with Crippen LogP contribution in [0.25, 0.3) is 0 Å². The highest BCUT2D eigenvalue weighted by Crippen LogP contribution is 2.21. The zero-order valence-electron chi connectivity index (χ0n) is 16.1. The van der Waals surface area contributed by atoms with Gasteiger partial charge in [0.05, 0.1) is 12.7 Å². The number of ether oxygens (including phenoxy) is 1. The van der Waals surface area contributed by atoms with Crippen LogP contribution in [-0.4, -0.2) is 31.1 Å². The molecule has 5 nitrogen and oxygen atoms in total. The highest BCUT2D eigenvalue weighted by atomic mass is 16.5. The van der Waals surface area contributed by atoms with Gasteiger partial charge in [-0.2, -0.15) is 0 Å². The second-order valence-electron chi connectivity index (χ2n) is 6.00. The molecule has 0 saturated heterocycles. The van der Waals surface area contributed by atoms with Crippen LogP contribution in [0.4, 0.5) is 0 Å². The monoisotopic (exact) mass is 357 g/mol. The average molecular weight is 357 g/mol. The number of benzene rings is 1. The van der Waals surface area contributed by atoms with E-state index >= 15 is 0 Å². The Labute approximate surface area is 155 Å². The number of nitrogens with one attached hydrogen (secondary N) is 1. The number of allylic oxidation sites excluding steroid dienone is 3. The van der Waals surface area contributed by atoms with E-state index in [2.05, 4.69) is 5.32 Å². The molecule has 1 rings (SSSR count). The van der Waals surface area contributed by atoms with Gasteiger partial charge in [0.1, 0.15) is 5.75 Å². The van der Waals surface area contributed by atoms with E-state index in [1.807, 2.05) is 38.1 Å². The van der Waals surface area contributed by atoms with E-state index in [9.17, 15) is 14.7 Å². The fourth-order valence-electron chi connectivity index (χ4n) is 2.40. The van der Waals surface area contributed by atoms with E-state index in [4.69, 9.17) is 4.74 Å². The Morgan fingerprint density at radius 3 is 2.46 bits per heavy atom. The first-order chi connectivity index (χ1) is 12.3. The van der Waals surface area contributed by atoms with Crippen molar-refractivity contribution < 1.29 is 19.4 Å². The van der Waals surface area contributed by atoms with Crippen LogP contribution in [0.5, 0.6) is 5.75 Å². The van der Waals surface area contributed by atoms with Gasteiger partial charge in [0, 0.05) is 12.6 Å². The molecular weight excluding hydrogens is 330 g/mol. The average Bonchev–Trinajstić information content (AvgIpc) is 2.65. The molecule has 0 spiro atoms. The van der Waals surface area contributed by atoms with Gasteiger partial charge in [-0.3, -0.25) is 4.79 Å². The molecule has 0 heterocycles. The van der Waals surface area contributed by atoms with Crippen molar-refractivity contribution in [3.8, 4) is 5.75 Å². The molecular formula is C21H27NO4. The zero-order chi connectivity index (χ0) is 19.7. The fourth-order valence-corrected chi connectivity index (χ4v) is 2.40. The fraction of sp³-hybridized carbons (Fsp3) is 0.333. The van der Waals surface area contributed by atoms with Crippen molar-refractivity contribution in [1.29, 1.82) is 0 Å². The van der Waals surface area contributed by atoms with Gasteiger partial charge in [0.15, 0.2) is 0 Å². The van der Waals surface area contributed by atoms with Gasteiger partial charge in [-0.25, -0.2) is 4.79 Å². The molecule has 0 aromatic heterocycles. The molecule has 0 unspecified atom stereocenters. The summed E-state index contributed by atoms with van der Waals surface area (Å²) in [6, 6.07) is 7.69. The minimum Gasteiger partial charge on any atom is -0.497 e. The molecule has 140 valence electrons. The highest BCUT2D eigenvalue weighted by molar-refractivity contribution is 5.97. The third-order valence-electron chi connectivity index (χ3n) is 4.14. The summed E-state index contributed by atoms with van der Waals surface area (Å²) in [5, 5.41) is 12.0. The maximum Gasteiger partial charge on any atom is 0.335 e. The van der Waals surface area contributed by atoms with Crippen LogP contribution >= 0.6 is 0 Å². The Morgan fingerprint density at radius 2 is 1.92 bits per heavy atom. The van der Waals surface area contributed by atoms with Crippen molar-refractivity contribution >= 4 is 11.9 Å². The Hall–Kier alpha value is -2.82. The van der Waals surface area contributed by atoms with Crippen molar-refractivity contribution in [2.75, 3.05) is 14.2 Å². The van der Waals surface area contributed by atoms with Crippen molar-refractivity contribution in [3.05, 3.63) is 64.3 Å². The van der Waals surface area contributed by atoms with Crippen LogP contribution < -0.4 is 10.1 Å². The highest BCUT2D eigenvalue weighted by Gasteiger charge is 2.11. The first-order valence-corrected chi connectivity index (χ1v) is 8.49. The number of methoxy groups -OCH3 is 1. The van der Waals surface area contributed by atoms with Crippen LogP contribution in [-0.2, 0) is 16.0 Å². The van der Waals surface area contributed by atoms with Gasteiger partial charge >= 0.3 is 5.97 Å². The van der Waals surface area contributed by atoms with E-state index in [-0.39, 0.29) is 11.5 Å². The smallest absolute Gasteiger partial charge is 0.335 e. The van der Waals surface area contributed by atoms with Crippen molar-refractivity contribution in [2.24, 2.45) is 0 Å². The summed E-state index contributed by atoms with van der Waals surface area (Å²) in [5.74, 6) is -0.614. The third kappa shape index (κ3) is 6.24. The number of amides is 1. The second kappa shape index (κ2) is 10.2. The predicted octanol–water partition coefficient (Wildman–Crippen LogP) is 3.67. The normalized spacial score (nSPS) is 13.1. The number of carboxylic acid groups (broad SMARTS) is 1. The molecule has 0 saturated carbocycles. The first kappa shape index (κ1) is 21.2. The zero-order valence-corrected chi connectivity index (χ0v) is 16.1. The Kier molecular flexibility index (Phi) is 8.35. The molecule has 1 aromatic carbocycles. The lowest BCUT2D eigenvalue weighted by atomic mass is 9.96. The summed E-state index contributed by atoms with van der Waals surface area (Å²) in [4.78, 5) is 23.3. The van der Waals surface area contributed by atoms with Crippen LogP contribution in [0.15, 0.2) is 58.7 Å². The largest absolute Gasteiger partial charge is 0.497 e. The second-order valence-corrected chi connectivity index (χ2v) is 6.00. The number of carbonyl (C=O) groups excluding carboxylic acids is 1. The maximum absolute atomic E-state index is 11.7. The molecule has 0 bridgehead atoms. The van der Waals surface area contributed by atoms with Crippen molar-refractivity contribution in [3.63, 3.8) is 0 Å². The summed E-state index contributed by atoms with van der Waals surface area (Å²) in [5.41, 5.74) is 3.46. The SMILES string of the molecule is CC/C(C)=C(/C=C(\C=C(/C)C(=O)NC)C(=O)O)Cc1cccc(OC)c1. The van der Waals surface area contributed by atoms with Gasteiger partial charge in [-0.1, -0.05) is 24.6 Å². The van der Waals surface area contributed by atoms with Gasteiger partial charge in [-0.05, 0) is 62.1 Å². The molecule has 0 atom stereocenters. The third-order valence-corrected chi connectivity index (χ3v) is 4.14. The van der Waals surface area contributed by atoms with E-state index in [1.54, 1.807) is 20.1 Å². The molecule has 0 aliphatic rings. The maximum atomic E-state index is 11.7. The summed E-state index contributed by atoms with van der Waals surface area (Å²) < 4.78 is 5.25. The number of aliphatic carboxylic acids is 1. The lowest BCUT2D eigenvalue weighted by Gasteiger charge is -2.10. The summed E-state index contributed by atoms with van der Waals surface area (Å²) in [6.07, 6.45) is 4.43. The Bertz CT molecular complexity index is 757. The van der Waals surface area contributed by atoms with Gasteiger partial charge in [-0.15, -0.1) is 0 Å². The predicted molar refractivity (Wildman–Crippen MR) is 103 cm³/mol. The Morgan fingerprint density at radius 1 is 1.23 bits per heavy atom. The standard InChI is InChI=1S/C21H27NO4/c1-6-14(2)17(11-16-8-7-9-19(12-16)26-5)13-18(21(24)25)10-15(3)20(23)22-4/h7-10,12-13H,6,11H2,1-5H3,(H,22,23)(H,24,25)/b15-10+,17-14+,18-13+. The number of carboxylic acids is 1. The molecule has 0 fully saturated rings. The molecule has 2 N–H and O–H groups in total. The lowest BCUT2D eigenvalue weighted by Crippen LogP contribution is -2.19. The van der Waals surface area contributed by atoms with E-state index in [0.717, 1.165) is 28.9 Å². The van der Waals surface area contributed by atoms with E-state index in [1.165, 1.54) is 13.1 Å². The van der Waals surface area contributed by atoms with E-state index in [0.29, 0.717) is 12.0 Å². The molecule has 0 aliphatic carbocycles. The molecule has 5 heteroatoms. The number of hydrogen-bond acceptors (Lipinski definition) is 3. The van der Waals surface area contributed by atoms with Gasteiger partial charge in [0.25, 0.3) is 0 Å². The molecule has 26 heavy (non-hydrogen) atoms. The summed E-state index contributed by atoms with van der Waals surface area (Å²) >= 11 is 0. The number of carbonyl (C=O) groups is 2. The van der Waals surface area contributed by atoms with Gasteiger partial charge in [0.2, 0.25) is 5.91 Å². The summed E-state index contributed by atoms with van der Waals surface area (Å²) in [7, 11) is 3.13. The number of hydrogen-bond donors (Lipinski definition) is 2. The lowest BCUT2D eigenvalue weighted by molar-refractivity contribution is -0.132. The Balaban J connectivity index is 3.32. The summed E-state index contributed by atoms with van der Waals surface area (Å²) in [6.45, 7) is 5.61. The molecule has 0 radical (unpaired) electrons. The van der Waals surface area contributed by atoms with Crippen molar-refractivity contribution in [1.82, 2.24) is 5.32 Å². The van der Waals surface area contributed by atoms with Crippen molar-refractivity contribution in [2.45, 2.75) is 33.6 Å². The molecule has 1 amide bonds. The minimum absolute atomic E-state index is 0.0804. The van der Waals surface area contributed by atoms with E-state index < -0.39 is 5.97 Å². The quantitative estimate of drug-likeness (QED) is 0.550. The molecule has 0 aliphatic heterocycles. The van der Waals surface area contributed by atoms with Crippen LogP contribution in [0.3, 0.4) is 0 Å². The van der Waals surface area contributed by atoms with Gasteiger partial charge < -0.3 is 15.2 Å². The number of rotatable bonds is 8. The molecule has 1 aromatic rings. The minimum atomic E-state index is -1.07. The number of likely N-dealkylation sites (N-methyl/N-ethyl adjacent to an activating group) is 1. The van der Waals surface area contributed by atoms with Crippen LogP contribution in [0.2, 0.25) is 0 Å². The topological polar surface area (TPSA) is 75.6 Å². The first-order valence-electron chi connectivity index (χ1n) is 8.49.